The smallest absolute Gasteiger partial charge is 0.332 e. The van der Waals surface area contributed by atoms with Crippen LogP contribution in [0.1, 0.15) is 19.0 Å². The minimum atomic E-state index is -0.430. The van der Waals surface area contributed by atoms with E-state index in [9.17, 15) is 10.1 Å². The van der Waals surface area contributed by atoms with E-state index in [0.717, 1.165) is 13.0 Å². The van der Waals surface area contributed by atoms with Crippen LogP contribution >= 0.6 is 11.6 Å². The van der Waals surface area contributed by atoms with E-state index in [-0.39, 0.29) is 11.0 Å². The molecule has 0 N–H and O–H groups in total. The number of hydrogen-bond donors (Lipinski definition) is 0. The maximum Gasteiger partial charge on any atom is 0.332 e. The summed E-state index contributed by atoms with van der Waals surface area (Å²) < 4.78 is 0. The third-order valence-electron chi connectivity index (χ3n) is 3.74. The fraction of sp³-hybridized carbons (Fsp3) is 0.667. The standard InChI is InChI=1S/C12H18ClN5O2/c1-4-9-7-17(6-5-16(9)3)11-10(18(19)20)8(2)14-12(13)15-11/h9H,4-7H2,1-3H3. The lowest BCUT2D eigenvalue weighted by Crippen LogP contribution is -2.51. The molecule has 1 atom stereocenters. The molecule has 0 radical (unpaired) electrons. The zero-order chi connectivity index (χ0) is 14.9. The van der Waals surface area contributed by atoms with E-state index in [2.05, 4.69) is 28.8 Å². The van der Waals surface area contributed by atoms with Crippen LogP contribution < -0.4 is 4.90 Å². The molecule has 1 aromatic rings. The number of aromatic nitrogens is 2. The van der Waals surface area contributed by atoms with E-state index in [1.54, 1.807) is 6.92 Å². The highest BCUT2D eigenvalue weighted by molar-refractivity contribution is 6.28. The van der Waals surface area contributed by atoms with Crippen LogP contribution in [-0.2, 0) is 0 Å². The lowest BCUT2D eigenvalue weighted by atomic mass is 10.1. The average molecular weight is 300 g/mol. The molecule has 8 heteroatoms. The number of piperazine rings is 1. The van der Waals surface area contributed by atoms with E-state index in [4.69, 9.17) is 11.6 Å². The van der Waals surface area contributed by atoms with Gasteiger partial charge in [0.15, 0.2) is 0 Å². The summed E-state index contributed by atoms with van der Waals surface area (Å²) in [6, 6.07) is 0.359. The second-order valence-electron chi connectivity index (χ2n) is 5.00. The number of aryl methyl sites for hydroxylation is 1. The van der Waals surface area contributed by atoms with Crippen molar-refractivity contribution in [1.82, 2.24) is 14.9 Å². The molecule has 1 aliphatic rings. The number of likely N-dealkylation sites (N-methyl/N-ethyl adjacent to an activating group) is 1. The highest BCUT2D eigenvalue weighted by atomic mass is 35.5. The second-order valence-corrected chi connectivity index (χ2v) is 5.33. The Morgan fingerprint density at radius 3 is 2.75 bits per heavy atom. The Kier molecular flexibility index (Phi) is 4.39. The first-order valence-corrected chi connectivity index (χ1v) is 6.95. The molecule has 1 aromatic heterocycles. The minimum absolute atomic E-state index is 0.0474. The summed E-state index contributed by atoms with van der Waals surface area (Å²) in [5.74, 6) is 0.332. The zero-order valence-electron chi connectivity index (χ0n) is 11.8. The Labute approximate surface area is 122 Å². The Bertz CT molecular complexity index is 525. The van der Waals surface area contributed by atoms with Gasteiger partial charge in [-0.1, -0.05) is 6.92 Å². The van der Waals surface area contributed by atoms with Crippen molar-refractivity contribution in [2.75, 3.05) is 31.6 Å². The van der Waals surface area contributed by atoms with E-state index < -0.39 is 4.92 Å². The first-order valence-electron chi connectivity index (χ1n) is 6.57. The molecule has 20 heavy (non-hydrogen) atoms. The van der Waals surface area contributed by atoms with Crippen molar-refractivity contribution < 1.29 is 4.92 Å². The number of rotatable bonds is 3. The summed E-state index contributed by atoms with van der Waals surface area (Å²) in [5.41, 5.74) is 0.255. The predicted molar refractivity (Wildman–Crippen MR) is 77.4 cm³/mol. The Morgan fingerprint density at radius 2 is 2.15 bits per heavy atom. The molecule has 0 spiro atoms. The lowest BCUT2D eigenvalue weighted by Gasteiger charge is -2.39. The first kappa shape index (κ1) is 14.9. The minimum Gasteiger partial charge on any atom is -0.348 e. The molecule has 0 bridgehead atoms. The quantitative estimate of drug-likeness (QED) is 0.482. The molecule has 0 saturated carbocycles. The molecule has 1 aliphatic heterocycles. The molecule has 2 heterocycles. The average Bonchev–Trinajstić information content (AvgIpc) is 2.37. The summed E-state index contributed by atoms with van der Waals surface area (Å²) in [4.78, 5) is 23.0. The van der Waals surface area contributed by atoms with Gasteiger partial charge in [-0.15, -0.1) is 0 Å². The summed E-state index contributed by atoms with van der Waals surface area (Å²) in [6.45, 7) is 5.94. The van der Waals surface area contributed by atoms with Gasteiger partial charge in [0.05, 0.1) is 4.92 Å². The van der Waals surface area contributed by atoms with Crippen LogP contribution in [0.25, 0.3) is 0 Å². The Morgan fingerprint density at radius 1 is 1.45 bits per heavy atom. The van der Waals surface area contributed by atoms with Gasteiger partial charge in [0, 0.05) is 25.7 Å². The van der Waals surface area contributed by atoms with Gasteiger partial charge in [0.1, 0.15) is 5.69 Å². The monoisotopic (exact) mass is 299 g/mol. The van der Waals surface area contributed by atoms with Crippen molar-refractivity contribution in [2.24, 2.45) is 0 Å². The molecular weight excluding hydrogens is 282 g/mol. The fourth-order valence-corrected chi connectivity index (χ4v) is 2.74. The number of anilines is 1. The summed E-state index contributed by atoms with van der Waals surface area (Å²) in [7, 11) is 2.07. The molecule has 7 nitrogen and oxygen atoms in total. The number of nitro groups is 1. The van der Waals surface area contributed by atoms with Crippen molar-refractivity contribution in [3.63, 3.8) is 0 Å². The largest absolute Gasteiger partial charge is 0.348 e. The Hall–Kier alpha value is -1.47. The van der Waals surface area contributed by atoms with Crippen molar-refractivity contribution in [2.45, 2.75) is 26.3 Å². The van der Waals surface area contributed by atoms with Gasteiger partial charge in [0.2, 0.25) is 11.1 Å². The maximum atomic E-state index is 11.3. The van der Waals surface area contributed by atoms with Crippen LogP contribution in [-0.4, -0.2) is 52.5 Å². The van der Waals surface area contributed by atoms with E-state index in [1.165, 1.54) is 0 Å². The van der Waals surface area contributed by atoms with Crippen molar-refractivity contribution in [1.29, 1.82) is 0 Å². The van der Waals surface area contributed by atoms with Gasteiger partial charge >= 0.3 is 5.69 Å². The van der Waals surface area contributed by atoms with Gasteiger partial charge in [-0.3, -0.25) is 15.0 Å². The van der Waals surface area contributed by atoms with Crippen molar-refractivity contribution in [3.8, 4) is 0 Å². The topological polar surface area (TPSA) is 75.4 Å². The predicted octanol–water partition coefficient (Wildman–Crippen LogP) is 1.88. The van der Waals surface area contributed by atoms with Crippen LogP contribution in [0.2, 0.25) is 5.28 Å². The third-order valence-corrected chi connectivity index (χ3v) is 3.91. The number of hydrogen-bond acceptors (Lipinski definition) is 6. The second kappa shape index (κ2) is 5.88. The summed E-state index contributed by atoms with van der Waals surface area (Å²) >= 11 is 5.86. The van der Waals surface area contributed by atoms with Gasteiger partial charge in [-0.25, -0.2) is 4.98 Å². The number of nitrogens with zero attached hydrogens (tertiary/aromatic N) is 5. The molecule has 1 fully saturated rings. The third kappa shape index (κ3) is 2.83. The summed E-state index contributed by atoms with van der Waals surface area (Å²) in [6.07, 6.45) is 0.985. The van der Waals surface area contributed by atoms with Gasteiger partial charge in [-0.05, 0) is 32.0 Å². The first-order chi connectivity index (χ1) is 9.43. The van der Waals surface area contributed by atoms with E-state index >= 15 is 0 Å². The molecular formula is C12H18ClN5O2. The van der Waals surface area contributed by atoms with E-state index in [0.29, 0.717) is 30.6 Å². The fourth-order valence-electron chi connectivity index (χ4n) is 2.53. The van der Waals surface area contributed by atoms with Gasteiger partial charge in [0.25, 0.3) is 0 Å². The molecule has 0 aliphatic carbocycles. The van der Waals surface area contributed by atoms with Gasteiger partial charge < -0.3 is 4.90 Å². The van der Waals surface area contributed by atoms with Crippen LogP contribution in [0.4, 0.5) is 11.5 Å². The maximum absolute atomic E-state index is 11.3. The summed E-state index contributed by atoms with van der Waals surface area (Å²) in [5, 5.41) is 11.3. The molecule has 0 aromatic carbocycles. The Balaban J connectivity index is 2.39. The van der Waals surface area contributed by atoms with Gasteiger partial charge in [-0.2, -0.15) is 4.98 Å². The van der Waals surface area contributed by atoms with Crippen molar-refractivity contribution in [3.05, 3.63) is 21.1 Å². The highest BCUT2D eigenvalue weighted by Crippen LogP contribution is 2.31. The number of halogens is 1. The zero-order valence-corrected chi connectivity index (χ0v) is 12.6. The normalized spacial score (nSPS) is 20.2. The molecule has 1 saturated heterocycles. The highest BCUT2D eigenvalue weighted by Gasteiger charge is 2.31. The van der Waals surface area contributed by atoms with Crippen molar-refractivity contribution >= 4 is 23.1 Å². The van der Waals surface area contributed by atoms with Crippen LogP contribution in [0.3, 0.4) is 0 Å². The molecule has 110 valence electrons. The van der Waals surface area contributed by atoms with Crippen LogP contribution in [0.5, 0.6) is 0 Å². The molecule has 2 rings (SSSR count). The van der Waals surface area contributed by atoms with Crippen LogP contribution in [0, 0.1) is 17.0 Å². The lowest BCUT2D eigenvalue weighted by molar-refractivity contribution is -0.385. The SMILES string of the molecule is CCC1CN(c2nc(Cl)nc(C)c2[N+](=O)[O-])CCN1C. The van der Waals surface area contributed by atoms with Crippen LogP contribution in [0.15, 0.2) is 0 Å². The molecule has 0 amide bonds. The molecule has 1 unspecified atom stereocenters. The van der Waals surface area contributed by atoms with E-state index in [1.807, 2.05) is 4.90 Å².